The molecule has 1 saturated heterocycles. The van der Waals surface area contributed by atoms with Crippen LogP contribution in [0, 0.1) is 0 Å². The molecule has 0 aromatic carbocycles. The average molecular weight is 273 g/mol. The van der Waals surface area contributed by atoms with Gasteiger partial charge in [0, 0.05) is 12.4 Å². The zero-order valence-corrected chi connectivity index (χ0v) is 10.2. The third kappa shape index (κ3) is 3.44. The van der Waals surface area contributed by atoms with Gasteiger partial charge in [-0.1, -0.05) is 0 Å². The first-order valence-corrected chi connectivity index (χ1v) is 6.00. The van der Waals surface area contributed by atoms with Gasteiger partial charge in [0.15, 0.2) is 0 Å². The van der Waals surface area contributed by atoms with E-state index in [-0.39, 0.29) is 6.67 Å². The SMILES string of the molecule is O=C(NCN1CCCC1)c1cnccc1C(F)(F)F. The largest absolute Gasteiger partial charge is 0.417 e. The van der Waals surface area contributed by atoms with Crippen LogP contribution in [0.5, 0.6) is 0 Å². The Hall–Kier alpha value is -1.63. The molecule has 0 atom stereocenters. The number of alkyl halides is 3. The summed E-state index contributed by atoms with van der Waals surface area (Å²) in [5, 5.41) is 2.50. The number of nitrogens with one attached hydrogen (secondary N) is 1. The first-order chi connectivity index (χ1) is 8.98. The highest BCUT2D eigenvalue weighted by Crippen LogP contribution is 2.31. The molecule has 0 radical (unpaired) electrons. The molecule has 1 aliphatic heterocycles. The molecule has 0 unspecified atom stereocenters. The number of carbonyl (C=O) groups is 1. The van der Waals surface area contributed by atoms with Gasteiger partial charge in [-0.2, -0.15) is 13.2 Å². The molecule has 104 valence electrons. The fraction of sp³-hybridized carbons (Fsp3) is 0.500. The molecule has 4 nitrogen and oxygen atoms in total. The van der Waals surface area contributed by atoms with Crippen LogP contribution < -0.4 is 5.32 Å². The topological polar surface area (TPSA) is 45.2 Å². The summed E-state index contributed by atoms with van der Waals surface area (Å²) < 4.78 is 38.2. The number of hydrogen-bond donors (Lipinski definition) is 1. The minimum Gasteiger partial charge on any atom is -0.339 e. The molecule has 1 aromatic rings. The van der Waals surface area contributed by atoms with Crippen molar-refractivity contribution in [2.24, 2.45) is 0 Å². The highest BCUT2D eigenvalue weighted by molar-refractivity contribution is 5.95. The minimum atomic E-state index is -4.55. The van der Waals surface area contributed by atoms with Gasteiger partial charge in [0.1, 0.15) is 0 Å². The second-order valence-corrected chi connectivity index (χ2v) is 4.41. The van der Waals surface area contributed by atoms with Crippen molar-refractivity contribution < 1.29 is 18.0 Å². The second-order valence-electron chi connectivity index (χ2n) is 4.41. The van der Waals surface area contributed by atoms with Crippen LogP contribution >= 0.6 is 0 Å². The summed E-state index contributed by atoms with van der Waals surface area (Å²) in [5.41, 5.74) is -1.39. The van der Waals surface area contributed by atoms with E-state index in [4.69, 9.17) is 0 Å². The van der Waals surface area contributed by atoms with Crippen molar-refractivity contribution in [2.75, 3.05) is 19.8 Å². The van der Waals surface area contributed by atoms with Crippen LogP contribution in [-0.4, -0.2) is 35.5 Å². The molecule has 1 N–H and O–H groups in total. The summed E-state index contributed by atoms with van der Waals surface area (Å²) in [6.07, 6.45) is -0.474. The van der Waals surface area contributed by atoms with Crippen molar-refractivity contribution in [3.63, 3.8) is 0 Å². The van der Waals surface area contributed by atoms with E-state index in [2.05, 4.69) is 10.3 Å². The van der Waals surface area contributed by atoms with Crippen LogP contribution in [0.1, 0.15) is 28.8 Å². The molecule has 1 amide bonds. The van der Waals surface area contributed by atoms with Crippen molar-refractivity contribution in [1.82, 2.24) is 15.2 Å². The lowest BCUT2D eigenvalue weighted by atomic mass is 10.1. The number of aromatic nitrogens is 1. The molecule has 1 fully saturated rings. The standard InChI is InChI=1S/C12H14F3N3O/c13-12(14,15)10-3-4-16-7-9(10)11(19)17-8-18-5-1-2-6-18/h3-4,7H,1-2,5-6,8H2,(H,17,19). The van der Waals surface area contributed by atoms with Gasteiger partial charge in [0.2, 0.25) is 0 Å². The smallest absolute Gasteiger partial charge is 0.339 e. The Labute approximate surface area is 108 Å². The Morgan fingerprint density at radius 3 is 2.68 bits per heavy atom. The minimum absolute atomic E-state index is 0.269. The van der Waals surface area contributed by atoms with Crippen molar-refractivity contribution in [3.05, 3.63) is 29.6 Å². The van der Waals surface area contributed by atoms with Gasteiger partial charge < -0.3 is 5.32 Å². The van der Waals surface area contributed by atoms with E-state index in [1.165, 1.54) is 0 Å². The maximum atomic E-state index is 12.7. The van der Waals surface area contributed by atoms with Crippen LogP contribution in [0.15, 0.2) is 18.5 Å². The molecule has 7 heteroatoms. The molecule has 0 saturated carbocycles. The molecule has 1 aromatic heterocycles. The Kier molecular flexibility index (Phi) is 4.04. The number of halogens is 3. The fourth-order valence-corrected chi connectivity index (χ4v) is 2.04. The van der Waals surface area contributed by atoms with Gasteiger partial charge in [-0.25, -0.2) is 0 Å². The average Bonchev–Trinajstić information content (AvgIpc) is 2.88. The third-order valence-electron chi connectivity index (χ3n) is 3.03. The highest BCUT2D eigenvalue weighted by Gasteiger charge is 2.35. The van der Waals surface area contributed by atoms with E-state index >= 15 is 0 Å². The Bertz CT molecular complexity index is 456. The Morgan fingerprint density at radius 2 is 2.05 bits per heavy atom. The van der Waals surface area contributed by atoms with Crippen LogP contribution in [-0.2, 0) is 6.18 Å². The molecule has 0 spiro atoms. The summed E-state index contributed by atoms with van der Waals surface area (Å²) in [6, 6.07) is 0.810. The van der Waals surface area contributed by atoms with Crippen LogP contribution in [0.25, 0.3) is 0 Å². The summed E-state index contributed by atoms with van der Waals surface area (Å²) in [5.74, 6) is -0.743. The monoisotopic (exact) mass is 273 g/mol. The van der Waals surface area contributed by atoms with E-state index in [0.29, 0.717) is 0 Å². The van der Waals surface area contributed by atoms with Crippen molar-refractivity contribution >= 4 is 5.91 Å². The van der Waals surface area contributed by atoms with Gasteiger partial charge in [0.25, 0.3) is 5.91 Å². The van der Waals surface area contributed by atoms with Crippen LogP contribution in [0.2, 0.25) is 0 Å². The summed E-state index contributed by atoms with van der Waals surface area (Å²) in [4.78, 5) is 17.4. The van der Waals surface area contributed by atoms with Crippen LogP contribution in [0.4, 0.5) is 13.2 Å². The predicted molar refractivity (Wildman–Crippen MR) is 62.4 cm³/mol. The van der Waals surface area contributed by atoms with Gasteiger partial charge in [-0.05, 0) is 32.0 Å². The van der Waals surface area contributed by atoms with E-state index < -0.39 is 23.2 Å². The summed E-state index contributed by atoms with van der Waals surface area (Å²) in [6.45, 7) is 1.99. The van der Waals surface area contributed by atoms with Gasteiger partial charge in [-0.15, -0.1) is 0 Å². The Balaban J connectivity index is 2.06. The lowest BCUT2D eigenvalue weighted by molar-refractivity contribution is -0.138. The summed E-state index contributed by atoms with van der Waals surface area (Å²) >= 11 is 0. The molecule has 0 aliphatic carbocycles. The van der Waals surface area contributed by atoms with Gasteiger partial charge in [-0.3, -0.25) is 14.7 Å². The van der Waals surface area contributed by atoms with Crippen molar-refractivity contribution in [1.29, 1.82) is 0 Å². The van der Waals surface area contributed by atoms with E-state index in [9.17, 15) is 18.0 Å². The number of hydrogen-bond acceptors (Lipinski definition) is 3. The molecule has 0 bridgehead atoms. The number of rotatable bonds is 3. The number of amides is 1. The zero-order chi connectivity index (χ0) is 13.9. The fourth-order valence-electron chi connectivity index (χ4n) is 2.04. The van der Waals surface area contributed by atoms with E-state index in [0.717, 1.165) is 44.4 Å². The lowest BCUT2D eigenvalue weighted by Gasteiger charge is -2.16. The molecular weight excluding hydrogens is 259 g/mol. The second kappa shape index (κ2) is 5.56. The van der Waals surface area contributed by atoms with Gasteiger partial charge in [0.05, 0.1) is 17.8 Å². The van der Waals surface area contributed by atoms with E-state index in [1.807, 2.05) is 4.90 Å². The quantitative estimate of drug-likeness (QED) is 0.914. The molecule has 2 heterocycles. The molecule has 1 aliphatic rings. The molecular formula is C12H14F3N3O. The molecule has 19 heavy (non-hydrogen) atoms. The maximum absolute atomic E-state index is 12.7. The lowest BCUT2D eigenvalue weighted by Crippen LogP contribution is -2.36. The zero-order valence-electron chi connectivity index (χ0n) is 10.2. The normalized spacial score (nSPS) is 16.6. The first kappa shape index (κ1) is 13.8. The predicted octanol–water partition coefficient (Wildman–Crippen LogP) is 1.88. The van der Waals surface area contributed by atoms with Gasteiger partial charge >= 0.3 is 6.18 Å². The van der Waals surface area contributed by atoms with Crippen LogP contribution in [0.3, 0.4) is 0 Å². The summed E-state index contributed by atoms with van der Waals surface area (Å²) in [7, 11) is 0. The first-order valence-electron chi connectivity index (χ1n) is 6.00. The number of carbonyl (C=O) groups excluding carboxylic acids is 1. The number of nitrogens with zero attached hydrogens (tertiary/aromatic N) is 2. The molecule has 2 rings (SSSR count). The highest BCUT2D eigenvalue weighted by atomic mass is 19.4. The van der Waals surface area contributed by atoms with Crippen molar-refractivity contribution in [3.8, 4) is 0 Å². The van der Waals surface area contributed by atoms with Crippen molar-refractivity contribution in [2.45, 2.75) is 19.0 Å². The number of likely N-dealkylation sites (tertiary alicyclic amines) is 1. The number of pyridine rings is 1. The third-order valence-corrected chi connectivity index (χ3v) is 3.03. The maximum Gasteiger partial charge on any atom is 0.417 e. The Morgan fingerprint density at radius 1 is 1.37 bits per heavy atom. The van der Waals surface area contributed by atoms with E-state index in [1.54, 1.807) is 0 Å².